The Morgan fingerprint density at radius 2 is 1.39 bits per heavy atom. The van der Waals surface area contributed by atoms with Crippen LogP contribution in [0.2, 0.25) is 0 Å². The van der Waals surface area contributed by atoms with Gasteiger partial charge in [0.1, 0.15) is 10.6 Å². The third-order valence-electron chi connectivity index (χ3n) is 3.96. The van der Waals surface area contributed by atoms with Crippen LogP contribution in [0.4, 0.5) is 17.1 Å². The van der Waals surface area contributed by atoms with Gasteiger partial charge < -0.3 is 22.3 Å². The van der Waals surface area contributed by atoms with Crippen LogP contribution < -0.4 is 17.2 Å². The number of aromatic hydroxyl groups is 1. The maximum absolute atomic E-state index is 11.1. The van der Waals surface area contributed by atoms with E-state index in [2.05, 4.69) is 0 Å². The molecule has 12 heteroatoms. The molecule has 0 radical (unpaired) electrons. The van der Waals surface area contributed by atoms with Crippen LogP contribution in [0.15, 0.2) is 52.3 Å². The Balaban J connectivity index is 0.000000303. The minimum atomic E-state index is -4.47. The Kier molecular flexibility index (Phi) is 8.24. The number of nitrogens with two attached hydrogens (primary N) is 3. The lowest BCUT2D eigenvalue weighted by Gasteiger charge is -2.09. The summed E-state index contributed by atoms with van der Waals surface area (Å²) in [7, 11) is -8.57. The molecule has 0 aromatic heterocycles. The van der Waals surface area contributed by atoms with Crippen molar-refractivity contribution in [2.45, 2.75) is 30.6 Å². The summed E-state index contributed by atoms with van der Waals surface area (Å²) in [4.78, 5) is -0.651. The lowest BCUT2D eigenvalue weighted by Crippen LogP contribution is -2.03. The monoisotopic (exact) mass is 471 g/mol. The van der Waals surface area contributed by atoms with Gasteiger partial charge in [0, 0.05) is 16.8 Å². The highest BCUT2D eigenvalue weighted by molar-refractivity contribution is 7.86. The van der Waals surface area contributed by atoms with Gasteiger partial charge in [0.05, 0.1) is 10.6 Å². The number of phenolic OH excluding ortho intramolecular Hbond substituents is 1. The molecule has 10 nitrogen and oxygen atoms in total. The lowest BCUT2D eigenvalue weighted by atomic mass is 10.1. The van der Waals surface area contributed by atoms with Gasteiger partial charge in [-0.1, -0.05) is 19.9 Å². The predicted molar refractivity (Wildman–Crippen MR) is 121 cm³/mol. The molecular formula is C19H25N3O7S2. The van der Waals surface area contributed by atoms with Crippen molar-refractivity contribution < 1.29 is 31.0 Å². The standard InChI is InChI=1S/C10H10N2O4S.C7H9NO3S.C2H6/c11-6-2-1-5-3-8(17(14,15)16)9(12)10(13)7(5)4-6;1-5-4-6(12(9,10)11)2-3-7(5)8;1-2/h1-4,13H,11-12H2,(H,14,15,16);2-4H,8H2,1H3,(H,9,10,11);1-2H3. The molecule has 0 atom stereocenters. The fourth-order valence-corrected chi connectivity index (χ4v) is 3.62. The van der Waals surface area contributed by atoms with Crippen LogP contribution >= 0.6 is 0 Å². The van der Waals surface area contributed by atoms with Gasteiger partial charge in [-0.05, 0) is 54.3 Å². The van der Waals surface area contributed by atoms with E-state index in [0.29, 0.717) is 27.7 Å². The Hall–Kier alpha value is -3.06. The summed E-state index contributed by atoms with van der Waals surface area (Å²) in [5, 5.41) is 10.5. The molecule has 0 aliphatic carbocycles. The smallest absolute Gasteiger partial charge is 0.296 e. The van der Waals surface area contributed by atoms with Gasteiger partial charge in [0.2, 0.25) is 0 Å². The van der Waals surface area contributed by atoms with Crippen molar-refractivity contribution in [3.63, 3.8) is 0 Å². The van der Waals surface area contributed by atoms with Crippen LogP contribution in [-0.2, 0) is 20.2 Å². The van der Waals surface area contributed by atoms with E-state index in [1.165, 1.54) is 36.4 Å². The number of phenols is 1. The van der Waals surface area contributed by atoms with Crippen LogP contribution in [0.3, 0.4) is 0 Å². The van der Waals surface area contributed by atoms with E-state index >= 15 is 0 Å². The van der Waals surface area contributed by atoms with Crippen LogP contribution in [0.1, 0.15) is 19.4 Å². The predicted octanol–water partition coefficient (Wildman–Crippen LogP) is 2.81. The van der Waals surface area contributed by atoms with Crippen molar-refractivity contribution in [3.05, 3.63) is 48.0 Å². The van der Waals surface area contributed by atoms with E-state index in [1.807, 2.05) is 13.8 Å². The molecule has 3 aromatic rings. The molecule has 3 rings (SSSR count). The molecule has 0 bridgehead atoms. The highest BCUT2D eigenvalue weighted by atomic mass is 32.2. The fraction of sp³-hybridized carbons (Fsp3) is 0.158. The summed E-state index contributed by atoms with van der Waals surface area (Å²) in [6.07, 6.45) is 0. The second kappa shape index (κ2) is 9.83. The zero-order valence-corrected chi connectivity index (χ0v) is 18.7. The Morgan fingerprint density at radius 1 is 0.806 bits per heavy atom. The van der Waals surface area contributed by atoms with E-state index in [1.54, 1.807) is 13.0 Å². The van der Waals surface area contributed by atoms with Crippen molar-refractivity contribution in [1.82, 2.24) is 0 Å². The summed E-state index contributed by atoms with van der Waals surface area (Å²) in [5.74, 6) is -0.414. The third-order valence-corrected chi connectivity index (χ3v) is 5.70. The molecule has 0 unspecified atom stereocenters. The summed E-state index contributed by atoms with van der Waals surface area (Å²) in [6, 6.07) is 9.75. The second-order valence-corrected chi connectivity index (χ2v) is 8.90. The molecule has 0 spiro atoms. The van der Waals surface area contributed by atoms with Crippen molar-refractivity contribution in [2.75, 3.05) is 17.2 Å². The van der Waals surface area contributed by atoms with Gasteiger partial charge in [0.15, 0.2) is 0 Å². The maximum atomic E-state index is 11.1. The first-order valence-electron chi connectivity index (χ1n) is 8.83. The van der Waals surface area contributed by atoms with Crippen LogP contribution in [0.25, 0.3) is 10.8 Å². The average molecular weight is 472 g/mol. The zero-order valence-electron chi connectivity index (χ0n) is 17.1. The highest BCUT2D eigenvalue weighted by Gasteiger charge is 2.19. The Labute approximate surface area is 180 Å². The summed E-state index contributed by atoms with van der Waals surface area (Å²) in [5.41, 5.74) is 17.6. The fourth-order valence-electron chi connectivity index (χ4n) is 2.41. The molecule has 170 valence electrons. The number of benzene rings is 3. The van der Waals surface area contributed by atoms with Crippen LogP contribution in [-0.4, -0.2) is 31.0 Å². The zero-order chi connectivity index (χ0) is 24.1. The molecular weight excluding hydrogens is 446 g/mol. The van der Waals surface area contributed by atoms with Crippen molar-refractivity contribution in [3.8, 4) is 5.75 Å². The van der Waals surface area contributed by atoms with Crippen molar-refractivity contribution >= 4 is 48.1 Å². The van der Waals surface area contributed by atoms with E-state index in [4.69, 9.17) is 26.3 Å². The van der Waals surface area contributed by atoms with Gasteiger partial charge >= 0.3 is 0 Å². The SMILES string of the molecule is CC.Cc1cc(S(=O)(=O)O)ccc1N.Nc1ccc2cc(S(=O)(=O)O)c(N)c(O)c2c1. The van der Waals surface area contributed by atoms with E-state index < -0.39 is 36.6 Å². The van der Waals surface area contributed by atoms with Gasteiger partial charge in [-0.15, -0.1) is 0 Å². The first kappa shape index (κ1) is 26.0. The number of fused-ring (bicyclic) bond motifs is 1. The van der Waals surface area contributed by atoms with E-state index in [-0.39, 0.29) is 4.90 Å². The largest absolute Gasteiger partial charge is 0.505 e. The molecule has 0 amide bonds. The minimum Gasteiger partial charge on any atom is -0.505 e. The van der Waals surface area contributed by atoms with Gasteiger partial charge in [-0.25, -0.2) is 0 Å². The maximum Gasteiger partial charge on any atom is 0.296 e. The highest BCUT2D eigenvalue weighted by Crippen LogP contribution is 2.36. The summed E-state index contributed by atoms with van der Waals surface area (Å²) in [6.45, 7) is 5.67. The molecule has 31 heavy (non-hydrogen) atoms. The minimum absolute atomic E-state index is 0.130. The Morgan fingerprint density at radius 3 is 1.87 bits per heavy atom. The van der Waals surface area contributed by atoms with Gasteiger partial charge in [0.25, 0.3) is 20.2 Å². The summed E-state index contributed by atoms with van der Waals surface area (Å²) >= 11 is 0. The molecule has 9 N–H and O–H groups in total. The van der Waals surface area contributed by atoms with Crippen LogP contribution in [0, 0.1) is 6.92 Å². The number of nitrogen functional groups attached to an aromatic ring is 3. The molecule has 0 aliphatic heterocycles. The number of anilines is 3. The van der Waals surface area contributed by atoms with E-state index in [0.717, 1.165) is 0 Å². The number of aryl methyl sites for hydroxylation is 1. The lowest BCUT2D eigenvalue weighted by molar-refractivity contribution is 0.473. The molecule has 0 aliphatic rings. The van der Waals surface area contributed by atoms with Crippen molar-refractivity contribution in [2.24, 2.45) is 0 Å². The molecule has 0 saturated carbocycles. The number of hydrogen-bond donors (Lipinski definition) is 6. The van der Waals surface area contributed by atoms with Crippen molar-refractivity contribution in [1.29, 1.82) is 0 Å². The van der Waals surface area contributed by atoms with Crippen LogP contribution in [0.5, 0.6) is 5.75 Å². The average Bonchev–Trinajstić information content (AvgIpc) is 2.67. The number of rotatable bonds is 2. The molecule has 0 saturated heterocycles. The van der Waals surface area contributed by atoms with Gasteiger partial charge in [-0.2, -0.15) is 16.8 Å². The summed E-state index contributed by atoms with van der Waals surface area (Å²) < 4.78 is 60.9. The van der Waals surface area contributed by atoms with Gasteiger partial charge in [-0.3, -0.25) is 9.11 Å². The Bertz CT molecular complexity index is 1310. The molecule has 0 heterocycles. The first-order valence-corrected chi connectivity index (χ1v) is 11.7. The van der Waals surface area contributed by atoms with E-state index in [9.17, 15) is 21.9 Å². The first-order chi connectivity index (χ1) is 14.2. The number of hydrogen-bond acceptors (Lipinski definition) is 8. The quantitative estimate of drug-likeness (QED) is 0.183. The topological polar surface area (TPSA) is 207 Å². The molecule has 3 aromatic carbocycles. The second-order valence-electron chi connectivity index (χ2n) is 6.09. The molecule has 0 fully saturated rings. The normalized spacial score (nSPS) is 11.1. The third kappa shape index (κ3) is 6.46.